The fraction of sp³-hybridized carbons (Fsp3) is 0.143. The van der Waals surface area contributed by atoms with Gasteiger partial charge in [0, 0.05) is 26.4 Å². The molecule has 2 N–H and O–H groups in total. The lowest BCUT2D eigenvalue weighted by Crippen LogP contribution is -2.04. The predicted molar refractivity (Wildman–Crippen MR) is 77.2 cm³/mol. The van der Waals surface area contributed by atoms with Gasteiger partial charge in [0.1, 0.15) is 11.6 Å². The summed E-state index contributed by atoms with van der Waals surface area (Å²) in [7, 11) is 0. The molecular formula is C14H12BrF2NS. The van der Waals surface area contributed by atoms with E-state index in [9.17, 15) is 8.78 Å². The summed E-state index contributed by atoms with van der Waals surface area (Å²) >= 11 is 4.68. The van der Waals surface area contributed by atoms with Crippen LogP contribution in [-0.4, -0.2) is 0 Å². The smallest absolute Gasteiger partial charge is 0.140 e. The summed E-state index contributed by atoms with van der Waals surface area (Å²) in [6.45, 7) is 1.90. The van der Waals surface area contributed by atoms with E-state index in [-0.39, 0.29) is 6.04 Å². The largest absolute Gasteiger partial charge is 0.324 e. The van der Waals surface area contributed by atoms with Crippen molar-refractivity contribution in [3.05, 3.63) is 58.1 Å². The van der Waals surface area contributed by atoms with Gasteiger partial charge in [-0.2, -0.15) is 0 Å². The zero-order valence-electron chi connectivity index (χ0n) is 10.2. The summed E-state index contributed by atoms with van der Waals surface area (Å²) < 4.78 is 27.3. The van der Waals surface area contributed by atoms with Gasteiger partial charge in [-0.3, -0.25) is 0 Å². The molecule has 0 aromatic heterocycles. The molecule has 100 valence electrons. The summed E-state index contributed by atoms with van der Waals surface area (Å²) in [5, 5.41) is 0. The van der Waals surface area contributed by atoms with Crippen LogP contribution in [0.4, 0.5) is 8.78 Å². The lowest BCUT2D eigenvalue weighted by Gasteiger charge is -2.10. The first kappa shape index (κ1) is 14.5. The molecule has 0 unspecified atom stereocenters. The van der Waals surface area contributed by atoms with Crippen LogP contribution in [0.25, 0.3) is 0 Å². The Morgan fingerprint density at radius 1 is 1.11 bits per heavy atom. The van der Waals surface area contributed by atoms with Crippen molar-refractivity contribution >= 4 is 27.7 Å². The molecule has 0 bridgehead atoms. The third-order valence-electron chi connectivity index (χ3n) is 2.60. The van der Waals surface area contributed by atoms with E-state index in [2.05, 4.69) is 15.9 Å². The molecule has 0 radical (unpaired) electrons. The Balaban J connectivity index is 2.28. The lowest BCUT2D eigenvalue weighted by atomic mass is 10.1. The monoisotopic (exact) mass is 343 g/mol. The van der Waals surface area contributed by atoms with Crippen molar-refractivity contribution in [3.8, 4) is 0 Å². The van der Waals surface area contributed by atoms with Crippen molar-refractivity contribution in [2.75, 3.05) is 0 Å². The second-order valence-electron chi connectivity index (χ2n) is 4.16. The summed E-state index contributed by atoms with van der Waals surface area (Å²) in [4.78, 5) is 1.24. The molecule has 0 heterocycles. The highest BCUT2D eigenvalue weighted by Crippen LogP contribution is 2.36. The Morgan fingerprint density at radius 2 is 1.79 bits per heavy atom. The fourth-order valence-electron chi connectivity index (χ4n) is 1.56. The van der Waals surface area contributed by atoms with Gasteiger partial charge < -0.3 is 5.73 Å². The highest BCUT2D eigenvalue weighted by molar-refractivity contribution is 9.10. The Hall–Kier alpha value is -0.910. The third kappa shape index (κ3) is 3.55. The van der Waals surface area contributed by atoms with Gasteiger partial charge in [0.15, 0.2) is 0 Å². The highest BCUT2D eigenvalue weighted by Gasteiger charge is 2.09. The molecule has 0 amide bonds. The molecule has 1 nitrogen and oxygen atoms in total. The minimum Gasteiger partial charge on any atom is -0.324 e. The molecule has 2 aromatic carbocycles. The number of hydrogen-bond acceptors (Lipinski definition) is 2. The molecule has 5 heteroatoms. The molecule has 0 spiro atoms. The minimum absolute atomic E-state index is 0.0575. The van der Waals surface area contributed by atoms with Crippen LogP contribution in [0.5, 0.6) is 0 Å². The molecule has 2 aromatic rings. The van der Waals surface area contributed by atoms with Crippen molar-refractivity contribution < 1.29 is 8.78 Å². The normalized spacial score (nSPS) is 12.5. The van der Waals surface area contributed by atoms with Crippen LogP contribution in [0.2, 0.25) is 0 Å². The second-order valence-corrected chi connectivity index (χ2v) is 6.09. The van der Waals surface area contributed by atoms with Crippen LogP contribution in [-0.2, 0) is 0 Å². The summed E-state index contributed by atoms with van der Waals surface area (Å²) in [5.41, 5.74) is 6.79. The van der Waals surface area contributed by atoms with E-state index in [1.165, 1.54) is 23.9 Å². The van der Waals surface area contributed by atoms with Crippen molar-refractivity contribution in [3.63, 3.8) is 0 Å². The topological polar surface area (TPSA) is 26.0 Å². The summed E-state index contributed by atoms with van der Waals surface area (Å²) in [5.74, 6) is -1.14. The maximum absolute atomic E-state index is 13.6. The highest BCUT2D eigenvalue weighted by atomic mass is 79.9. The zero-order chi connectivity index (χ0) is 14.0. The van der Waals surface area contributed by atoms with Crippen LogP contribution >= 0.6 is 27.7 Å². The number of benzene rings is 2. The fourth-order valence-corrected chi connectivity index (χ4v) is 3.02. The van der Waals surface area contributed by atoms with Crippen molar-refractivity contribution in [1.82, 2.24) is 0 Å². The Labute approximate surface area is 123 Å². The second kappa shape index (κ2) is 6.03. The van der Waals surface area contributed by atoms with E-state index in [1.807, 2.05) is 25.1 Å². The zero-order valence-corrected chi connectivity index (χ0v) is 12.6. The minimum atomic E-state index is -0.576. The van der Waals surface area contributed by atoms with E-state index in [4.69, 9.17) is 5.73 Å². The van der Waals surface area contributed by atoms with Gasteiger partial charge in [-0.05, 0) is 52.7 Å². The first-order valence-corrected chi connectivity index (χ1v) is 7.26. The van der Waals surface area contributed by atoms with Gasteiger partial charge in [0.2, 0.25) is 0 Å². The molecule has 1 atom stereocenters. The Bertz CT molecular complexity index is 602. The maximum Gasteiger partial charge on any atom is 0.140 e. The molecule has 0 aliphatic heterocycles. The van der Waals surface area contributed by atoms with Crippen LogP contribution in [0.1, 0.15) is 18.5 Å². The van der Waals surface area contributed by atoms with E-state index in [0.29, 0.717) is 4.90 Å². The standard InChI is InChI=1S/C14H12BrF2NS/c1-8(18)9-2-4-13(11(15)6-9)19-14-5-3-10(16)7-12(14)17/h2-8H,18H2,1H3/t8-/m0/s1. The third-order valence-corrected chi connectivity index (χ3v) is 4.64. The molecular weight excluding hydrogens is 332 g/mol. The van der Waals surface area contributed by atoms with Crippen molar-refractivity contribution in [2.45, 2.75) is 22.8 Å². The lowest BCUT2D eigenvalue weighted by molar-refractivity contribution is 0.565. The van der Waals surface area contributed by atoms with Gasteiger partial charge in [0.25, 0.3) is 0 Å². The van der Waals surface area contributed by atoms with E-state index in [1.54, 1.807) is 0 Å². The molecule has 19 heavy (non-hydrogen) atoms. The number of rotatable bonds is 3. The SMILES string of the molecule is C[C@H](N)c1ccc(Sc2ccc(F)cc2F)c(Br)c1. The van der Waals surface area contributed by atoms with Crippen molar-refractivity contribution in [1.29, 1.82) is 0 Å². The first-order valence-electron chi connectivity index (χ1n) is 5.65. The molecule has 0 saturated carbocycles. The molecule has 0 aliphatic carbocycles. The number of nitrogens with two attached hydrogens (primary N) is 1. The van der Waals surface area contributed by atoms with Crippen LogP contribution in [0.15, 0.2) is 50.7 Å². The van der Waals surface area contributed by atoms with E-state index < -0.39 is 11.6 Å². The van der Waals surface area contributed by atoms with Gasteiger partial charge in [-0.1, -0.05) is 17.8 Å². The summed E-state index contributed by atoms with van der Waals surface area (Å²) in [6.07, 6.45) is 0. The van der Waals surface area contributed by atoms with Crippen molar-refractivity contribution in [2.24, 2.45) is 5.73 Å². The van der Waals surface area contributed by atoms with E-state index >= 15 is 0 Å². The average Bonchev–Trinajstić information content (AvgIpc) is 2.34. The van der Waals surface area contributed by atoms with Gasteiger partial charge >= 0.3 is 0 Å². The maximum atomic E-state index is 13.6. The Kier molecular flexibility index (Phi) is 4.60. The number of hydrogen-bond donors (Lipinski definition) is 1. The average molecular weight is 344 g/mol. The van der Waals surface area contributed by atoms with Gasteiger partial charge in [0.05, 0.1) is 0 Å². The first-order chi connectivity index (χ1) is 8.97. The van der Waals surface area contributed by atoms with Gasteiger partial charge in [-0.15, -0.1) is 0 Å². The van der Waals surface area contributed by atoms with Crippen LogP contribution in [0.3, 0.4) is 0 Å². The van der Waals surface area contributed by atoms with Crippen LogP contribution < -0.4 is 5.73 Å². The number of halogens is 3. The van der Waals surface area contributed by atoms with E-state index in [0.717, 1.165) is 21.0 Å². The van der Waals surface area contributed by atoms with Gasteiger partial charge in [-0.25, -0.2) is 8.78 Å². The quantitative estimate of drug-likeness (QED) is 0.857. The molecule has 2 rings (SSSR count). The van der Waals surface area contributed by atoms with Crippen LogP contribution in [0, 0.1) is 11.6 Å². The Morgan fingerprint density at radius 3 is 2.37 bits per heavy atom. The summed E-state index contributed by atoms with van der Waals surface area (Å²) in [6, 6.07) is 9.19. The molecule has 0 saturated heterocycles. The molecule has 0 aliphatic rings. The molecule has 0 fully saturated rings. The predicted octanol–water partition coefficient (Wildman–Crippen LogP) is 4.90.